The average Bonchev–Trinajstić information content (AvgIpc) is 2.48. The highest BCUT2D eigenvalue weighted by Crippen LogP contribution is 2.19. The predicted molar refractivity (Wildman–Crippen MR) is 86.8 cm³/mol. The Morgan fingerprint density at radius 3 is 3.00 bits per heavy atom. The van der Waals surface area contributed by atoms with Crippen molar-refractivity contribution in [2.45, 2.75) is 37.1 Å². The average molecular weight is 355 g/mol. The number of carbonyl (C=O) groups excluding carboxylic acids is 1. The molecular formula is C15H19BrN2OS. The molecule has 0 bridgehead atoms. The van der Waals surface area contributed by atoms with Gasteiger partial charge in [-0.1, -0.05) is 23.4 Å². The molecule has 1 aromatic heterocycles. The van der Waals surface area contributed by atoms with Crippen molar-refractivity contribution >= 4 is 33.6 Å². The number of hydrogen-bond acceptors (Lipinski definition) is 3. The summed E-state index contributed by atoms with van der Waals surface area (Å²) in [5.41, 5.74) is 1.50. The standard InChI is InChI=1S/C15H19BrN2OS/c16-13-6-7-15(18-10-13)20-11-14(19)17-9-8-12-4-2-1-3-5-12/h4,6-7,10H,1-3,5,8-9,11H2,(H,17,19). The monoisotopic (exact) mass is 354 g/mol. The second-order valence-electron chi connectivity index (χ2n) is 4.81. The number of thioether (sulfide) groups is 1. The Morgan fingerprint density at radius 1 is 1.40 bits per heavy atom. The maximum absolute atomic E-state index is 11.7. The van der Waals surface area contributed by atoms with E-state index in [1.165, 1.54) is 43.0 Å². The fourth-order valence-electron chi connectivity index (χ4n) is 2.13. The van der Waals surface area contributed by atoms with Crippen molar-refractivity contribution in [3.8, 4) is 0 Å². The van der Waals surface area contributed by atoms with Gasteiger partial charge < -0.3 is 5.32 Å². The number of carbonyl (C=O) groups is 1. The van der Waals surface area contributed by atoms with Crippen molar-refractivity contribution in [3.05, 3.63) is 34.5 Å². The van der Waals surface area contributed by atoms with Crippen LogP contribution >= 0.6 is 27.7 Å². The largest absolute Gasteiger partial charge is 0.355 e. The number of nitrogens with one attached hydrogen (secondary N) is 1. The molecule has 0 fully saturated rings. The van der Waals surface area contributed by atoms with Crippen LogP contribution in [0.4, 0.5) is 0 Å². The van der Waals surface area contributed by atoms with Gasteiger partial charge >= 0.3 is 0 Å². The minimum atomic E-state index is 0.0797. The summed E-state index contributed by atoms with van der Waals surface area (Å²) in [6.45, 7) is 0.749. The molecular weight excluding hydrogens is 336 g/mol. The third-order valence-corrected chi connectivity index (χ3v) is 4.62. The molecule has 20 heavy (non-hydrogen) atoms. The highest BCUT2D eigenvalue weighted by atomic mass is 79.9. The van der Waals surface area contributed by atoms with Crippen LogP contribution < -0.4 is 5.32 Å². The molecule has 108 valence electrons. The SMILES string of the molecule is O=C(CSc1ccc(Br)cn1)NCCC1=CCCCC1. The molecule has 0 atom stereocenters. The van der Waals surface area contributed by atoms with E-state index >= 15 is 0 Å². The van der Waals surface area contributed by atoms with Crippen molar-refractivity contribution in [2.75, 3.05) is 12.3 Å². The molecule has 0 aliphatic heterocycles. The van der Waals surface area contributed by atoms with Crippen LogP contribution in [0.1, 0.15) is 32.1 Å². The summed E-state index contributed by atoms with van der Waals surface area (Å²) in [6, 6.07) is 3.84. The molecule has 1 heterocycles. The smallest absolute Gasteiger partial charge is 0.230 e. The van der Waals surface area contributed by atoms with E-state index in [1.807, 2.05) is 12.1 Å². The number of amides is 1. The van der Waals surface area contributed by atoms with Crippen molar-refractivity contribution in [1.82, 2.24) is 10.3 Å². The first kappa shape index (κ1) is 15.6. The fourth-order valence-corrected chi connectivity index (χ4v) is 3.04. The van der Waals surface area contributed by atoms with Crippen molar-refractivity contribution in [2.24, 2.45) is 0 Å². The third kappa shape index (κ3) is 5.67. The van der Waals surface area contributed by atoms with Crippen molar-refractivity contribution in [3.63, 3.8) is 0 Å². The minimum absolute atomic E-state index is 0.0797. The second kappa shape index (κ2) is 8.47. The van der Waals surface area contributed by atoms with Gasteiger partial charge in [0.2, 0.25) is 5.91 Å². The van der Waals surface area contributed by atoms with Crippen LogP contribution in [0.3, 0.4) is 0 Å². The molecule has 0 unspecified atom stereocenters. The van der Waals surface area contributed by atoms with E-state index in [2.05, 4.69) is 32.3 Å². The minimum Gasteiger partial charge on any atom is -0.355 e. The van der Waals surface area contributed by atoms with Crippen LogP contribution in [0.15, 0.2) is 39.5 Å². The molecule has 0 radical (unpaired) electrons. The van der Waals surface area contributed by atoms with Crippen molar-refractivity contribution < 1.29 is 4.79 Å². The quantitative estimate of drug-likeness (QED) is 0.621. The summed E-state index contributed by atoms with van der Waals surface area (Å²) in [5, 5.41) is 3.85. The molecule has 1 aliphatic rings. The summed E-state index contributed by atoms with van der Waals surface area (Å²) < 4.78 is 0.951. The zero-order chi connectivity index (χ0) is 14.2. The lowest BCUT2D eigenvalue weighted by Crippen LogP contribution is -2.26. The number of halogens is 1. The van der Waals surface area contributed by atoms with Gasteiger partial charge in [0.25, 0.3) is 0 Å². The van der Waals surface area contributed by atoms with E-state index in [1.54, 1.807) is 6.20 Å². The van der Waals surface area contributed by atoms with E-state index in [-0.39, 0.29) is 5.91 Å². The van der Waals surface area contributed by atoms with E-state index in [9.17, 15) is 4.79 Å². The van der Waals surface area contributed by atoms with E-state index in [0.717, 1.165) is 22.5 Å². The Morgan fingerprint density at radius 2 is 2.30 bits per heavy atom. The molecule has 3 nitrogen and oxygen atoms in total. The lowest BCUT2D eigenvalue weighted by atomic mass is 9.97. The first-order valence-electron chi connectivity index (χ1n) is 6.93. The maximum atomic E-state index is 11.7. The molecule has 0 spiro atoms. The van der Waals surface area contributed by atoms with Gasteiger partial charge in [-0.15, -0.1) is 0 Å². The van der Waals surface area contributed by atoms with Gasteiger partial charge in [-0.3, -0.25) is 4.79 Å². The van der Waals surface area contributed by atoms with Crippen LogP contribution in [-0.4, -0.2) is 23.2 Å². The van der Waals surface area contributed by atoms with Crippen LogP contribution in [0.5, 0.6) is 0 Å². The second-order valence-corrected chi connectivity index (χ2v) is 6.72. The number of hydrogen-bond donors (Lipinski definition) is 1. The Hall–Kier alpha value is -0.810. The van der Waals surface area contributed by atoms with Gasteiger partial charge in [0.15, 0.2) is 0 Å². The van der Waals surface area contributed by atoms with Gasteiger partial charge in [0, 0.05) is 17.2 Å². The molecule has 1 amide bonds. The maximum Gasteiger partial charge on any atom is 0.230 e. The van der Waals surface area contributed by atoms with Crippen molar-refractivity contribution in [1.29, 1.82) is 0 Å². The van der Waals surface area contributed by atoms with Crippen LogP contribution in [-0.2, 0) is 4.79 Å². The Bertz CT molecular complexity index is 473. The lowest BCUT2D eigenvalue weighted by molar-refractivity contribution is -0.118. The van der Waals surface area contributed by atoms with Gasteiger partial charge in [-0.2, -0.15) is 0 Å². The summed E-state index contributed by atoms with van der Waals surface area (Å²) in [4.78, 5) is 16.0. The topological polar surface area (TPSA) is 42.0 Å². The Balaban J connectivity index is 1.62. The first-order chi connectivity index (χ1) is 9.74. The van der Waals surface area contributed by atoms with Crippen LogP contribution in [0, 0.1) is 0 Å². The molecule has 1 aromatic rings. The molecule has 0 saturated heterocycles. The Kier molecular flexibility index (Phi) is 6.60. The van der Waals surface area contributed by atoms with Gasteiger partial charge in [-0.05, 0) is 60.2 Å². The normalized spacial score (nSPS) is 14.8. The predicted octanol–water partition coefficient (Wildman–Crippen LogP) is 3.94. The number of pyridine rings is 1. The third-order valence-electron chi connectivity index (χ3n) is 3.20. The number of rotatable bonds is 6. The number of allylic oxidation sites excluding steroid dienone is 1. The summed E-state index contributed by atoms with van der Waals surface area (Å²) in [5.74, 6) is 0.504. The van der Waals surface area contributed by atoms with Gasteiger partial charge in [-0.25, -0.2) is 4.98 Å². The van der Waals surface area contributed by atoms with Gasteiger partial charge in [0.1, 0.15) is 0 Å². The fraction of sp³-hybridized carbons (Fsp3) is 0.467. The Labute approximate surface area is 132 Å². The lowest BCUT2D eigenvalue weighted by Gasteiger charge is -2.12. The molecule has 5 heteroatoms. The molecule has 1 aliphatic carbocycles. The molecule has 0 aromatic carbocycles. The van der Waals surface area contributed by atoms with Gasteiger partial charge in [0.05, 0.1) is 10.8 Å². The summed E-state index contributed by atoms with van der Waals surface area (Å²) in [6.07, 6.45) is 10.1. The van der Waals surface area contributed by atoms with Crippen LogP contribution in [0.25, 0.3) is 0 Å². The number of nitrogens with zero attached hydrogens (tertiary/aromatic N) is 1. The molecule has 2 rings (SSSR count). The van der Waals surface area contributed by atoms with E-state index in [0.29, 0.717) is 5.75 Å². The van der Waals surface area contributed by atoms with E-state index in [4.69, 9.17) is 0 Å². The molecule has 0 saturated carbocycles. The number of aromatic nitrogens is 1. The first-order valence-corrected chi connectivity index (χ1v) is 8.71. The zero-order valence-corrected chi connectivity index (χ0v) is 13.8. The molecule has 1 N–H and O–H groups in total. The highest BCUT2D eigenvalue weighted by Gasteiger charge is 2.06. The zero-order valence-electron chi connectivity index (χ0n) is 11.4. The highest BCUT2D eigenvalue weighted by molar-refractivity contribution is 9.10. The summed E-state index contributed by atoms with van der Waals surface area (Å²) in [7, 11) is 0. The van der Waals surface area contributed by atoms with E-state index < -0.39 is 0 Å². The summed E-state index contributed by atoms with van der Waals surface area (Å²) >= 11 is 4.81. The van der Waals surface area contributed by atoms with Crippen LogP contribution in [0.2, 0.25) is 0 Å².